The zero-order chi connectivity index (χ0) is 26.9. The number of rotatable bonds is 5. The van der Waals surface area contributed by atoms with Gasteiger partial charge in [-0.3, -0.25) is 14.5 Å². The number of carbonyl (C=O) groups excluding carboxylic acids is 2. The summed E-state index contributed by atoms with van der Waals surface area (Å²) in [5.41, 5.74) is 0.563. The number of ether oxygens (including phenoxy) is 1. The third-order valence-corrected chi connectivity index (χ3v) is 6.54. The zero-order valence-electron chi connectivity index (χ0n) is 19.9. The molecular weight excluding hydrogens is 512 g/mol. The number of benzene rings is 3. The Balaban J connectivity index is 1.93. The maximum atomic E-state index is 14.5. The van der Waals surface area contributed by atoms with Gasteiger partial charge in [-0.1, -0.05) is 18.5 Å². The average Bonchev–Trinajstić information content (AvgIpc) is 2.88. The van der Waals surface area contributed by atoms with Crippen LogP contribution in [0.25, 0.3) is 0 Å². The van der Waals surface area contributed by atoms with Crippen LogP contribution in [0.2, 0.25) is 5.02 Å². The number of hydrogen-bond donors (Lipinski definition) is 0. The Morgan fingerprint density at radius 1 is 1.05 bits per heavy atom. The molecule has 0 saturated heterocycles. The molecule has 2 atom stereocenters. The van der Waals surface area contributed by atoms with Gasteiger partial charge in [0, 0.05) is 34.7 Å². The van der Waals surface area contributed by atoms with Crippen LogP contribution in [-0.2, 0) is 4.79 Å². The van der Waals surface area contributed by atoms with Crippen molar-refractivity contribution >= 4 is 34.8 Å². The van der Waals surface area contributed by atoms with Crippen LogP contribution in [0.3, 0.4) is 0 Å². The smallest absolute Gasteiger partial charge is 0.409 e. The predicted molar refractivity (Wildman–Crippen MR) is 133 cm³/mol. The van der Waals surface area contributed by atoms with Crippen LogP contribution in [0.15, 0.2) is 66.7 Å². The quantitative estimate of drug-likeness (QED) is 0.333. The van der Waals surface area contributed by atoms with E-state index in [-0.39, 0.29) is 17.7 Å². The molecule has 0 bridgehead atoms. The largest absolute Gasteiger partial charge is 0.497 e. The number of carbonyl (C=O) groups is 2. The monoisotopic (exact) mass is 534 g/mol. The minimum absolute atomic E-state index is 0.0171. The molecule has 3 aromatic rings. The SMILES string of the molecule is CCC(=O)N(c1ccc(Cl)cc1)C1C[C@@H](C(F)(F)F)N(C(=O)c2ccc(F)cc2)c2ccc(OC)cc21. The molecule has 194 valence electrons. The van der Waals surface area contributed by atoms with Crippen molar-refractivity contribution in [2.24, 2.45) is 0 Å². The van der Waals surface area contributed by atoms with Crippen LogP contribution >= 0.6 is 11.6 Å². The lowest BCUT2D eigenvalue weighted by Gasteiger charge is -2.45. The number of halogens is 5. The summed E-state index contributed by atoms with van der Waals surface area (Å²) in [5, 5.41) is 0.405. The summed E-state index contributed by atoms with van der Waals surface area (Å²) < 4.78 is 62.4. The molecule has 0 fully saturated rings. The van der Waals surface area contributed by atoms with Crippen molar-refractivity contribution in [3.63, 3.8) is 0 Å². The normalized spacial score (nSPS) is 17.2. The highest BCUT2D eigenvalue weighted by atomic mass is 35.5. The van der Waals surface area contributed by atoms with Crippen LogP contribution in [0.1, 0.15) is 41.7 Å². The topological polar surface area (TPSA) is 49.9 Å². The van der Waals surface area contributed by atoms with Crippen molar-refractivity contribution in [3.05, 3.63) is 88.7 Å². The third-order valence-electron chi connectivity index (χ3n) is 6.29. The summed E-state index contributed by atoms with van der Waals surface area (Å²) >= 11 is 6.00. The molecular formula is C27H23ClF4N2O3. The Morgan fingerprint density at radius 3 is 2.27 bits per heavy atom. The van der Waals surface area contributed by atoms with Crippen LogP contribution < -0.4 is 14.5 Å². The summed E-state index contributed by atoms with van der Waals surface area (Å²) in [6, 6.07) is 11.6. The standard InChI is InChI=1S/C27H23ClF4N2O3/c1-3-25(35)33(19-10-6-17(28)7-11-19)23-15-24(27(30,31)32)34(22-13-12-20(37-2)14-21(22)23)26(36)16-4-8-18(29)9-5-16/h4-14,23-24H,3,15H2,1-2H3/t23?,24-/m0/s1. The van der Waals surface area contributed by atoms with Crippen LogP contribution in [0.5, 0.6) is 5.75 Å². The predicted octanol–water partition coefficient (Wildman–Crippen LogP) is 6.95. The fraction of sp³-hybridized carbons (Fsp3) is 0.259. The van der Waals surface area contributed by atoms with E-state index in [1.807, 2.05) is 0 Å². The van der Waals surface area contributed by atoms with Crippen molar-refractivity contribution in [2.75, 3.05) is 16.9 Å². The summed E-state index contributed by atoms with van der Waals surface area (Å²) in [6.45, 7) is 1.62. The fourth-order valence-electron chi connectivity index (χ4n) is 4.53. The molecule has 5 nitrogen and oxygen atoms in total. The minimum atomic E-state index is -4.83. The molecule has 0 radical (unpaired) electrons. The number of methoxy groups -OCH3 is 1. The van der Waals surface area contributed by atoms with E-state index >= 15 is 0 Å². The summed E-state index contributed by atoms with van der Waals surface area (Å²) in [4.78, 5) is 28.6. The molecule has 0 aliphatic carbocycles. The molecule has 0 N–H and O–H groups in total. The second-order valence-corrected chi connectivity index (χ2v) is 8.95. The van der Waals surface area contributed by atoms with Gasteiger partial charge in [-0.2, -0.15) is 13.2 Å². The lowest BCUT2D eigenvalue weighted by atomic mass is 9.88. The maximum absolute atomic E-state index is 14.5. The Morgan fingerprint density at radius 2 is 1.70 bits per heavy atom. The molecule has 0 saturated carbocycles. The Kier molecular flexibility index (Phi) is 7.45. The van der Waals surface area contributed by atoms with E-state index in [2.05, 4.69) is 0 Å². The number of fused-ring (bicyclic) bond motifs is 1. The summed E-state index contributed by atoms with van der Waals surface area (Å²) in [6.07, 6.45) is -5.41. The second kappa shape index (κ2) is 10.4. The number of alkyl halides is 3. The van der Waals surface area contributed by atoms with Crippen molar-refractivity contribution in [1.29, 1.82) is 0 Å². The Labute approximate surface area is 216 Å². The van der Waals surface area contributed by atoms with E-state index in [1.165, 1.54) is 30.2 Å². The third kappa shape index (κ3) is 5.27. The lowest BCUT2D eigenvalue weighted by Crippen LogP contribution is -2.55. The maximum Gasteiger partial charge on any atom is 0.409 e. The van der Waals surface area contributed by atoms with Crippen LogP contribution in [0.4, 0.5) is 28.9 Å². The van der Waals surface area contributed by atoms with E-state index in [9.17, 15) is 27.2 Å². The molecule has 0 aromatic heterocycles. The molecule has 3 aromatic carbocycles. The van der Waals surface area contributed by atoms with Crippen LogP contribution in [0, 0.1) is 5.82 Å². The number of amides is 2. The van der Waals surface area contributed by atoms with Gasteiger partial charge >= 0.3 is 6.18 Å². The lowest BCUT2D eigenvalue weighted by molar-refractivity contribution is -0.151. The first-order chi connectivity index (χ1) is 17.5. The molecule has 2 amide bonds. The fourth-order valence-corrected chi connectivity index (χ4v) is 4.66. The van der Waals surface area contributed by atoms with E-state index in [0.29, 0.717) is 26.9 Å². The Hall–Kier alpha value is -3.59. The molecule has 1 aliphatic heterocycles. The second-order valence-electron chi connectivity index (χ2n) is 8.51. The van der Waals surface area contributed by atoms with Gasteiger partial charge < -0.3 is 9.64 Å². The Bertz CT molecular complexity index is 1300. The van der Waals surface area contributed by atoms with Crippen molar-refractivity contribution in [2.45, 2.75) is 38.0 Å². The molecule has 37 heavy (non-hydrogen) atoms. The van der Waals surface area contributed by atoms with Gasteiger partial charge in [0.1, 0.15) is 17.6 Å². The molecule has 10 heteroatoms. The van der Waals surface area contributed by atoms with Crippen molar-refractivity contribution in [1.82, 2.24) is 0 Å². The summed E-state index contributed by atoms with van der Waals surface area (Å²) in [7, 11) is 1.41. The van der Waals surface area contributed by atoms with E-state index < -0.39 is 42.3 Å². The van der Waals surface area contributed by atoms with E-state index in [4.69, 9.17) is 16.3 Å². The summed E-state index contributed by atoms with van der Waals surface area (Å²) in [5.74, 6) is -1.61. The minimum Gasteiger partial charge on any atom is -0.497 e. The van der Waals surface area contributed by atoms with Gasteiger partial charge in [-0.25, -0.2) is 4.39 Å². The van der Waals surface area contributed by atoms with Gasteiger partial charge in [0.2, 0.25) is 5.91 Å². The van der Waals surface area contributed by atoms with Gasteiger partial charge in [-0.15, -0.1) is 0 Å². The van der Waals surface area contributed by atoms with Gasteiger partial charge in [0.15, 0.2) is 0 Å². The number of hydrogen-bond acceptors (Lipinski definition) is 3. The van der Waals surface area contributed by atoms with Crippen molar-refractivity contribution in [3.8, 4) is 5.75 Å². The van der Waals surface area contributed by atoms with E-state index in [1.54, 1.807) is 31.2 Å². The highest BCUT2D eigenvalue weighted by Gasteiger charge is 2.52. The van der Waals surface area contributed by atoms with Crippen LogP contribution in [-0.4, -0.2) is 31.1 Å². The van der Waals surface area contributed by atoms with Gasteiger partial charge in [0.05, 0.1) is 18.8 Å². The van der Waals surface area contributed by atoms with Crippen molar-refractivity contribution < 1.29 is 31.9 Å². The molecule has 4 rings (SSSR count). The molecule has 1 heterocycles. The number of anilines is 2. The molecule has 1 unspecified atom stereocenters. The first-order valence-electron chi connectivity index (χ1n) is 11.5. The highest BCUT2D eigenvalue weighted by Crippen LogP contribution is 2.48. The zero-order valence-corrected chi connectivity index (χ0v) is 20.7. The van der Waals surface area contributed by atoms with E-state index in [0.717, 1.165) is 24.3 Å². The number of nitrogens with zero attached hydrogens (tertiary/aromatic N) is 2. The molecule has 1 aliphatic rings. The first-order valence-corrected chi connectivity index (χ1v) is 11.8. The van der Waals surface area contributed by atoms with Gasteiger partial charge in [0.25, 0.3) is 5.91 Å². The molecule has 0 spiro atoms. The van der Waals surface area contributed by atoms with Gasteiger partial charge in [-0.05, 0) is 66.7 Å². The average molecular weight is 535 g/mol. The first kappa shape index (κ1) is 26.5. The highest BCUT2D eigenvalue weighted by molar-refractivity contribution is 6.30.